The summed E-state index contributed by atoms with van der Waals surface area (Å²) in [4.78, 5) is 14.8. The SMILES string of the molecule is Cc1cccc(OCC(=O)NCC(c2ccccc2)N2CCCC2)c1C. The summed E-state index contributed by atoms with van der Waals surface area (Å²) in [6, 6.07) is 16.6. The summed E-state index contributed by atoms with van der Waals surface area (Å²) in [6.07, 6.45) is 2.46. The van der Waals surface area contributed by atoms with Gasteiger partial charge in [0, 0.05) is 6.54 Å². The fraction of sp³-hybridized carbons (Fsp3) is 0.409. The summed E-state index contributed by atoms with van der Waals surface area (Å²) in [5.41, 5.74) is 3.51. The molecule has 1 fully saturated rings. The molecule has 0 aliphatic carbocycles. The highest BCUT2D eigenvalue weighted by Crippen LogP contribution is 2.24. The predicted molar refractivity (Wildman–Crippen MR) is 104 cm³/mol. The zero-order valence-electron chi connectivity index (χ0n) is 15.7. The molecule has 1 saturated heterocycles. The maximum Gasteiger partial charge on any atom is 0.258 e. The van der Waals surface area contributed by atoms with E-state index in [9.17, 15) is 4.79 Å². The van der Waals surface area contributed by atoms with Gasteiger partial charge < -0.3 is 10.1 Å². The Hall–Kier alpha value is -2.33. The van der Waals surface area contributed by atoms with E-state index in [1.54, 1.807) is 0 Å². The molecule has 3 rings (SSSR count). The van der Waals surface area contributed by atoms with Crippen molar-refractivity contribution < 1.29 is 9.53 Å². The summed E-state index contributed by atoms with van der Waals surface area (Å²) in [5, 5.41) is 3.06. The Morgan fingerprint density at radius 1 is 1.08 bits per heavy atom. The van der Waals surface area contributed by atoms with E-state index in [-0.39, 0.29) is 18.6 Å². The Bertz CT molecular complexity index is 724. The summed E-state index contributed by atoms with van der Waals surface area (Å²) >= 11 is 0. The van der Waals surface area contributed by atoms with Crippen molar-refractivity contribution in [2.24, 2.45) is 0 Å². The van der Waals surface area contributed by atoms with E-state index >= 15 is 0 Å². The molecule has 138 valence electrons. The number of aryl methyl sites for hydroxylation is 1. The van der Waals surface area contributed by atoms with E-state index in [2.05, 4.69) is 34.5 Å². The summed E-state index contributed by atoms with van der Waals surface area (Å²) in [5.74, 6) is 0.699. The van der Waals surface area contributed by atoms with Gasteiger partial charge in [0.05, 0.1) is 6.04 Å². The lowest BCUT2D eigenvalue weighted by Crippen LogP contribution is -2.38. The molecule has 0 radical (unpaired) electrons. The van der Waals surface area contributed by atoms with Gasteiger partial charge in [-0.2, -0.15) is 0 Å². The first kappa shape index (κ1) is 18.5. The monoisotopic (exact) mass is 352 g/mol. The second-order valence-corrected chi connectivity index (χ2v) is 6.96. The lowest BCUT2D eigenvalue weighted by atomic mass is 10.1. The van der Waals surface area contributed by atoms with Crippen LogP contribution in [-0.4, -0.2) is 37.0 Å². The van der Waals surface area contributed by atoms with E-state index in [1.165, 1.54) is 24.0 Å². The maximum atomic E-state index is 12.3. The van der Waals surface area contributed by atoms with Crippen LogP contribution in [0, 0.1) is 13.8 Å². The average Bonchev–Trinajstić information content (AvgIpc) is 3.18. The first-order valence-electron chi connectivity index (χ1n) is 9.40. The predicted octanol–water partition coefficient (Wildman–Crippen LogP) is 3.64. The van der Waals surface area contributed by atoms with Crippen molar-refractivity contribution in [1.82, 2.24) is 10.2 Å². The molecule has 0 saturated carbocycles. The number of likely N-dealkylation sites (tertiary alicyclic amines) is 1. The summed E-state index contributed by atoms with van der Waals surface area (Å²) in [7, 11) is 0. The first-order valence-corrected chi connectivity index (χ1v) is 9.40. The van der Waals surface area contributed by atoms with E-state index in [0.29, 0.717) is 6.54 Å². The van der Waals surface area contributed by atoms with Crippen LogP contribution in [0.25, 0.3) is 0 Å². The number of nitrogens with zero attached hydrogens (tertiary/aromatic N) is 1. The van der Waals surface area contributed by atoms with Crippen LogP contribution in [0.1, 0.15) is 35.6 Å². The fourth-order valence-electron chi connectivity index (χ4n) is 3.47. The number of rotatable bonds is 7. The lowest BCUT2D eigenvalue weighted by Gasteiger charge is -2.28. The van der Waals surface area contributed by atoms with Crippen molar-refractivity contribution >= 4 is 5.91 Å². The molecule has 1 amide bonds. The van der Waals surface area contributed by atoms with Gasteiger partial charge in [-0.3, -0.25) is 9.69 Å². The minimum Gasteiger partial charge on any atom is -0.483 e. The van der Waals surface area contributed by atoms with Crippen LogP contribution in [0.3, 0.4) is 0 Å². The van der Waals surface area contributed by atoms with Crippen LogP contribution < -0.4 is 10.1 Å². The smallest absolute Gasteiger partial charge is 0.258 e. The standard InChI is InChI=1S/C22H28N2O2/c1-17-9-8-12-21(18(17)2)26-16-22(25)23-15-20(24-13-6-7-14-24)19-10-4-3-5-11-19/h3-5,8-12,20H,6-7,13-16H2,1-2H3,(H,23,25). The van der Waals surface area contributed by atoms with Crippen LogP contribution in [0.2, 0.25) is 0 Å². The molecule has 1 unspecified atom stereocenters. The number of hydrogen-bond acceptors (Lipinski definition) is 3. The van der Waals surface area contributed by atoms with Crippen LogP contribution in [0.15, 0.2) is 48.5 Å². The van der Waals surface area contributed by atoms with Gasteiger partial charge in [-0.1, -0.05) is 42.5 Å². The minimum absolute atomic E-state index is 0.0474. The van der Waals surface area contributed by atoms with Crippen LogP contribution >= 0.6 is 0 Å². The highest BCUT2D eigenvalue weighted by molar-refractivity contribution is 5.77. The van der Waals surface area contributed by atoms with Crippen LogP contribution in [0.4, 0.5) is 0 Å². The van der Waals surface area contributed by atoms with Gasteiger partial charge in [0.2, 0.25) is 0 Å². The summed E-state index contributed by atoms with van der Waals surface area (Å²) < 4.78 is 5.72. The molecule has 1 atom stereocenters. The molecule has 2 aromatic carbocycles. The molecule has 26 heavy (non-hydrogen) atoms. The van der Waals surface area contributed by atoms with Gasteiger partial charge in [-0.05, 0) is 62.5 Å². The van der Waals surface area contributed by atoms with Crippen molar-refractivity contribution in [3.63, 3.8) is 0 Å². The second kappa shape index (κ2) is 8.86. The maximum absolute atomic E-state index is 12.3. The first-order chi connectivity index (χ1) is 12.6. The highest BCUT2D eigenvalue weighted by Gasteiger charge is 2.23. The lowest BCUT2D eigenvalue weighted by molar-refractivity contribution is -0.123. The molecule has 0 aromatic heterocycles. The molecule has 1 aliphatic heterocycles. The minimum atomic E-state index is -0.0777. The Kier molecular flexibility index (Phi) is 6.29. The molecule has 4 heteroatoms. The normalized spacial score (nSPS) is 15.6. The van der Waals surface area contributed by atoms with Crippen molar-refractivity contribution in [3.8, 4) is 5.75 Å². The third-order valence-electron chi connectivity index (χ3n) is 5.17. The van der Waals surface area contributed by atoms with Crippen LogP contribution in [-0.2, 0) is 4.79 Å². The van der Waals surface area contributed by atoms with Crippen molar-refractivity contribution in [1.29, 1.82) is 0 Å². The van der Waals surface area contributed by atoms with E-state index < -0.39 is 0 Å². The van der Waals surface area contributed by atoms with Gasteiger partial charge in [0.1, 0.15) is 5.75 Å². The van der Waals surface area contributed by atoms with Gasteiger partial charge in [0.25, 0.3) is 5.91 Å². The number of benzene rings is 2. The summed E-state index contributed by atoms with van der Waals surface area (Å²) in [6.45, 7) is 6.90. The van der Waals surface area contributed by atoms with Gasteiger partial charge in [-0.25, -0.2) is 0 Å². The Balaban J connectivity index is 1.56. The zero-order chi connectivity index (χ0) is 18.4. The molecule has 0 spiro atoms. The van der Waals surface area contributed by atoms with E-state index in [0.717, 1.165) is 24.4 Å². The van der Waals surface area contributed by atoms with E-state index in [1.807, 2.05) is 38.1 Å². The molecule has 1 N–H and O–H groups in total. The molecule has 2 aromatic rings. The Morgan fingerprint density at radius 2 is 1.81 bits per heavy atom. The quantitative estimate of drug-likeness (QED) is 0.827. The highest BCUT2D eigenvalue weighted by atomic mass is 16.5. The van der Waals surface area contributed by atoms with Crippen LogP contribution in [0.5, 0.6) is 5.75 Å². The van der Waals surface area contributed by atoms with Gasteiger partial charge in [-0.15, -0.1) is 0 Å². The average molecular weight is 352 g/mol. The number of carbonyl (C=O) groups is 1. The van der Waals surface area contributed by atoms with E-state index in [4.69, 9.17) is 4.74 Å². The van der Waals surface area contributed by atoms with Crippen molar-refractivity contribution in [2.75, 3.05) is 26.2 Å². The largest absolute Gasteiger partial charge is 0.483 e. The molecule has 4 nitrogen and oxygen atoms in total. The Labute approximate surface area is 156 Å². The molecular weight excluding hydrogens is 324 g/mol. The second-order valence-electron chi connectivity index (χ2n) is 6.96. The topological polar surface area (TPSA) is 41.6 Å². The third-order valence-corrected chi connectivity index (χ3v) is 5.17. The molecule has 1 aliphatic rings. The number of hydrogen-bond donors (Lipinski definition) is 1. The van der Waals surface area contributed by atoms with Gasteiger partial charge in [0.15, 0.2) is 6.61 Å². The number of amides is 1. The molecule has 1 heterocycles. The fourth-order valence-corrected chi connectivity index (χ4v) is 3.47. The van der Waals surface area contributed by atoms with Gasteiger partial charge >= 0.3 is 0 Å². The van der Waals surface area contributed by atoms with Crippen molar-refractivity contribution in [3.05, 3.63) is 65.2 Å². The third kappa shape index (κ3) is 4.64. The number of ether oxygens (including phenoxy) is 1. The number of carbonyl (C=O) groups excluding carboxylic acids is 1. The molecule has 0 bridgehead atoms. The molecular formula is C22H28N2O2. The van der Waals surface area contributed by atoms with Crippen molar-refractivity contribution in [2.45, 2.75) is 32.7 Å². The Morgan fingerprint density at radius 3 is 2.54 bits per heavy atom. The zero-order valence-corrected chi connectivity index (χ0v) is 15.7. The number of nitrogens with one attached hydrogen (secondary N) is 1.